The third-order valence-electron chi connectivity index (χ3n) is 2.45. The zero-order chi connectivity index (χ0) is 13.8. The van der Waals surface area contributed by atoms with Crippen molar-refractivity contribution in [2.24, 2.45) is 5.73 Å². The molecule has 2 N–H and O–H groups in total. The van der Waals surface area contributed by atoms with Gasteiger partial charge in [0, 0.05) is 13.6 Å². The molecule has 18 heavy (non-hydrogen) atoms. The standard InChI is InChI=1S/C11H14ClN3O2S/c1-15(6-2-5-13)18(16,17)10-4-3-9(8-14)11(12)7-10/h3-4,7H,2,5-6,13H2,1H3. The molecule has 7 heteroatoms. The summed E-state index contributed by atoms with van der Waals surface area (Å²) in [7, 11) is -2.09. The van der Waals surface area contributed by atoms with Crippen molar-refractivity contribution in [1.29, 1.82) is 5.26 Å². The van der Waals surface area contributed by atoms with Crippen LogP contribution in [-0.4, -0.2) is 32.9 Å². The molecule has 0 spiro atoms. The van der Waals surface area contributed by atoms with E-state index in [4.69, 9.17) is 22.6 Å². The zero-order valence-corrected chi connectivity index (χ0v) is 11.5. The van der Waals surface area contributed by atoms with Crippen molar-refractivity contribution in [1.82, 2.24) is 4.31 Å². The van der Waals surface area contributed by atoms with Crippen LogP contribution >= 0.6 is 11.6 Å². The molecule has 0 heterocycles. The van der Waals surface area contributed by atoms with E-state index in [2.05, 4.69) is 0 Å². The maximum absolute atomic E-state index is 12.1. The fourth-order valence-corrected chi connectivity index (χ4v) is 2.88. The molecular weight excluding hydrogens is 274 g/mol. The summed E-state index contributed by atoms with van der Waals surface area (Å²) in [5, 5.41) is 8.86. The number of benzene rings is 1. The van der Waals surface area contributed by atoms with Crippen LogP contribution in [0, 0.1) is 11.3 Å². The van der Waals surface area contributed by atoms with Crippen LogP contribution < -0.4 is 5.73 Å². The minimum absolute atomic E-state index is 0.0750. The normalized spacial score (nSPS) is 11.5. The summed E-state index contributed by atoms with van der Waals surface area (Å²) in [5.41, 5.74) is 5.59. The molecule has 0 saturated heterocycles. The Hall–Kier alpha value is -1.13. The van der Waals surface area contributed by atoms with E-state index in [1.807, 2.05) is 6.07 Å². The van der Waals surface area contributed by atoms with Crippen molar-refractivity contribution in [2.75, 3.05) is 20.1 Å². The van der Waals surface area contributed by atoms with E-state index in [0.29, 0.717) is 19.5 Å². The number of sulfonamides is 1. The third kappa shape index (κ3) is 3.21. The summed E-state index contributed by atoms with van der Waals surface area (Å²) < 4.78 is 25.5. The molecule has 0 amide bonds. The monoisotopic (exact) mass is 287 g/mol. The molecule has 98 valence electrons. The third-order valence-corrected chi connectivity index (χ3v) is 4.61. The zero-order valence-electron chi connectivity index (χ0n) is 9.93. The maximum Gasteiger partial charge on any atom is 0.242 e. The van der Waals surface area contributed by atoms with Gasteiger partial charge in [0.25, 0.3) is 0 Å². The van der Waals surface area contributed by atoms with Crippen LogP contribution in [0.3, 0.4) is 0 Å². The van der Waals surface area contributed by atoms with Crippen LogP contribution in [-0.2, 0) is 10.0 Å². The van der Waals surface area contributed by atoms with Gasteiger partial charge in [-0.2, -0.15) is 5.26 Å². The summed E-state index contributed by atoms with van der Waals surface area (Å²) in [6.45, 7) is 0.768. The summed E-state index contributed by atoms with van der Waals surface area (Å²) in [5.74, 6) is 0. The highest BCUT2D eigenvalue weighted by Crippen LogP contribution is 2.22. The van der Waals surface area contributed by atoms with Crippen LogP contribution in [0.25, 0.3) is 0 Å². The second kappa shape index (κ2) is 6.16. The molecule has 0 bridgehead atoms. The second-order valence-electron chi connectivity index (χ2n) is 3.72. The van der Waals surface area contributed by atoms with Gasteiger partial charge in [-0.3, -0.25) is 0 Å². The van der Waals surface area contributed by atoms with Gasteiger partial charge in [0.2, 0.25) is 10.0 Å². The Balaban J connectivity index is 3.06. The van der Waals surface area contributed by atoms with Crippen LogP contribution in [0.1, 0.15) is 12.0 Å². The van der Waals surface area contributed by atoms with E-state index in [1.165, 1.54) is 29.6 Å². The molecule has 5 nitrogen and oxygen atoms in total. The molecule has 0 atom stereocenters. The van der Waals surface area contributed by atoms with Gasteiger partial charge < -0.3 is 5.73 Å². The lowest BCUT2D eigenvalue weighted by atomic mass is 10.2. The van der Waals surface area contributed by atoms with Crippen LogP contribution in [0.2, 0.25) is 5.02 Å². The van der Waals surface area contributed by atoms with Gasteiger partial charge in [-0.05, 0) is 31.2 Å². The average molecular weight is 288 g/mol. The van der Waals surface area contributed by atoms with Gasteiger partial charge >= 0.3 is 0 Å². The fraction of sp³-hybridized carbons (Fsp3) is 0.364. The number of hydrogen-bond acceptors (Lipinski definition) is 4. The minimum atomic E-state index is -3.57. The number of nitrogens with two attached hydrogens (primary N) is 1. The lowest BCUT2D eigenvalue weighted by Crippen LogP contribution is -2.29. The highest BCUT2D eigenvalue weighted by molar-refractivity contribution is 7.89. The van der Waals surface area contributed by atoms with Gasteiger partial charge in [-0.1, -0.05) is 11.6 Å². The number of nitrogens with zero attached hydrogens (tertiary/aromatic N) is 2. The summed E-state index contributed by atoms with van der Waals surface area (Å²) in [4.78, 5) is 0.0750. The van der Waals surface area contributed by atoms with Crippen molar-refractivity contribution < 1.29 is 8.42 Å². The lowest BCUT2D eigenvalue weighted by Gasteiger charge is -2.16. The number of nitriles is 1. The van der Waals surface area contributed by atoms with Crippen molar-refractivity contribution >= 4 is 21.6 Å². The first kappa shape index (κ1) is 14.9. The highest BCUT2D eigenvalue weighted by Gasteiger charge is 2.21. The molecule has 0 aliphatic heterocycles. The lowest BCUT2D eigenvalue weighted by molar-refractivity contribution is 0.463. The molecule has 0 fully saturated rings. The van der Waals surface area contributed by atoms with Crippen LogP contribution in [0.5, 0.6) is 0 Å². The van der Waals surface area contributed by atoms with E-state index in [-0.39, 0.29) is 15.5 Å². The smallest absolute Gasteiger partial charge is 0.242 e. The van der Waals surface area contributed by atoms with Gasteiger partial charge in [0.15, 0.2) is 0 Å². The van der Waals surface area contributed by atoms with Crippen molar-refractivity contribution in [3.63, 3.8) is 0 Å². The summed E-state index contributed by atoms with van der Waals surface area (Å²) in [6.07, 6.45) is 0.583. The number of hydrogen-bond donors (Lipinski definition) is 1. The topological polar surface area (TPSA) is 87.2 Å². The van der Waals surface area contributed by atoms with Gasteiger partial charge in [0.1, 0.15) is 6.07 Å². The Morgan fingerprint density at radius 1 is 1.50 bits per heavy atom. The van der Waals surface area contributed by atoms with Crippen LogP contribution in [0.4, 0.5) is 0 Å². The first-order valence-corrected chi connectivity index (χ1v) is 7.11. The Bertz CT molecular complexity index is 566. The number of halogens is 1. The average Bonchev–Trinajstić information content (AvgIpc) is 2.35. The number of rotatable bonds is 5. The van der Waals surface area contributed by atoms with Gasteiger partial charge in [-0.15, -0.1) is 0 Å². The fourth-order valence-electron chi connectivity index (χ4n) is 1.36. The predicted octanol–water partition coefficient (Wildman–Crippen LogP) is 1.18. The highest BCUT2D eigenvalue weighted by atomic mass is 35.5. The molecule has 0 unspecified atom stereocenters. The summed E-state index contributed by atoms with van der Waals surface area (Å²) in [6, 6.07) is 5.94. The molecule has 0 saturated carbocycles. The van der Waals surface area contributed by atoms with Crippen LogP contribution in [0.15, 0.2) is 23.1 Å². The Kier molecular flexibility index (Phi) is 5.11. The van der Waals surface area contributed by atoms with E-state index < -0.39 is 10.0 Å². The first-order valence-electron chi connectivity index (χ1n) is 5.29. The van der Waals surface area contributed by atoms with Gasteiger partial charge in [0.05, 0.1) is 15.5 Å². The quantitative estimate of drug-likeness (QED) is 0.881. The molecular formula is C11H14ClN3O2S. The molecule has 0 aliphatic carbocycles. The Morgan fingerprint density at radius 3 is 2.67 bits per heavy atom. The van der Waals surface area contributed by atoms with Crippen molar-refractivity contribution in [3.05, 3.63) is 28.8 Å². The SMILES string of the molecule is CN(CCCN)S(=O)(=O)c1ccc(C#N)c(Cl)c1. The molecule has 0 radical (unpaired) electrons. The van der Waals surface area contributed by atoms with E-state index in [1.54, 1.807) is 0 Å². The Morgan fingerprint density at radius 2 is 2.17 bits per heavy atom. The molecule has 0 aromatic heterocycles. The van der Waals surface area contributed by atoms with Crippen molar-refractivity contribution in [2.45, 2.75) is 11.3 Å². The molecule has 1 aromatic rings. The maximum atomic E-state index is 12.1. The molecule has 1 rings (SSSR count). The summed E-state index contributed by atoms with van der Waals surface area (Å²) >= 11 is 5.82. The van der Waals surface area contributed by atoms with Crippen molar-refractivity contribution in [3.8, 4) is 6.07 Å². The predicted molar refractivity (Wildman–Crippen MR) is 69.7 cm³/mol. The minimum Gasteiger partial charge on any atom is -0.330 e. The van der Waals surface area contributed by atoms with E-state index in [9.17, 15) is 8.42 Å². The second-order valence-corrected chi connectivity index (χ2v) is 6.17. The molecule has 0 aliphatic rings. The largest absolute Gasteiger partial charge is 0.330 e. The van der Waals surface area contributed by atoms with Gasteiger partial charge in [-0.25, -0.2) is 12.7 Å². The molecule has 1 aromatic carbocycles. The Labute approximate surface area is 112 Å². The van der Waals surface area contributed by atoms with E-state index in [0.717, 1.165) is 0 Å². The first-order chi connectivity index (χ1) is 8.43. The van der Waals surface area contributed by atoms with E-state index >= 15 is 0 Å².